The Morgan fingerprint density at radius 1 is 1.48 bits per heavy atom. The molecular formula is C13H16F3N3O2. The SMILES string of the molecule is CCCC1(CNc2cc(C(F)(F)F)ncc2[N+](=O)[O-])CC1. The molecule has 0 aromatic carbocycles. The minimum atomic E-state index is -4.62. The molecule has 1 aromatic heterocycles. The second kappa shape index (κ2) is 5.50. The molecule has 1 aliphatic rings. The Hall–Kier alpha value is -1.86. The molecule has 1 N–H and O–H groups in total. The number of anilines is 1. The molecule has 116 valence electrons. The Morgan fingerprint density at radius 2 is 2.14 bits per heavy atom. The number of nitrogens with zero attached hydrogens (tertiary/aromatic N) is 2. The fourth-order valence-electron chi connectivity index (χ4n) is 2.40. The van der Waals surface area contributed by atoms with E-state index in [2.05, 4.69) is 10.3 Å². The van der Waals surface area contributed by atoms with E-state index in [9.17, 15) is 23.3 Å². The summed E-state index contributed by atoms with van der Waals surface area (Å²) in [6.45, 7) is 2.49. The highest BCUT2D eigenvalue weighted by molar-refractivity contribution is 5.61. The van der Waals surface area contributed by atoms with Gasteiger partial charge in [0.25, 0.3) is 0 Å². The van der Waals surface area contributed by atoms with E-state index in [-0.39, 0.29) is 11.1 Å². The monoisotopic (exact) mass is 303 g/mol. The predicted molar refractivity (Wildman–Crippen MR) is 71.0 cm³/mol. The molecule has 8 heteroatoms. The normalized spacial score (nSPS) is 16.6. The van der Waals surface area contributed by atoms with E-state index in [0.717, 1.165) is 25.7 Å². The van der Waals surface area contributed by atoms with Crippen molar-refractivity contribution in [3.63, 3.8) is 0 Å². The molecule has 1 saturated carbocycles. The number of pyridine rings is 1. The fraction of sp³-hybridized carbons (Fsp3) is 0.615. The molecule has 0 radical (unpaired) electrons. The number of alkyl halides is 3. The molecule has 0 aliphatic heterocycles. The number of hydrogen-bond acceptors (Lipinski definition) is 4. The average molecular weight is 303 g/mol. The maximum absolute atomic E-state index is 12.6. The summed E-state index contributed by atoms with van der Waals surface area (Å²) in [7, 11) is 0. The summed E-state index contributed by atoms with van der Waals surface area (Å²) in [5.41, 5.74) is -1.61. The second-order valence-corrected chi connectivity index (χ2v) is 5.45. The lowest BCUT2D eigenvalue weighted by atomic mass is 10.0. The van der Waals surface area contributed by atoms with Gasteiger partial charge >= 0.3 is 11.9 Å². The molecule has 1 aromatic rings. The third-order valence-electron chi connectivity index (χ3n) is 3.76. The van der Waals surface area contributed by atoms with E-state index < -0.39 is 22.5 Å². The van der Waals surface area contributed by atoms with E-state index in [1.807, 2.05) is 6.92 Å². The van der Waals surface area contributed by atoms with Gasteiger partial charge in [0.2, 0.25) is 0 Å². The number of aromatic nitrogens is 1. The molecular weight excluding hydrogens is 287 g/mol. The third kappa shape index (κ3) is 3.62. The van der Waals surface area contributed by atoms with Gasteiger partial charge in [0.15, 0.2) is 0 Å². The zero-order chi connectivity index (χ0) is 15.7. The van der Waals surface area contributed by atoms with E-state index in [4.69, 9.17) is 0 Å². The number of nitro groups is 1. The van der Waals surface area contributed by atoms with Crippen LogP contribution >= 0.6 is 0 Å². The molecule has 0 amide bonds. The number of halogens is 3. The van der Waals surface area contributed by atoms with E-state index in [0.29, 0.717) is 18.8 Å². The third-order valence-corrected chi connectivity index (χ3v) is 3.76. The molecule has 1 aliphatic carbocycles. The van der Waals surface area contributed by atoms with Crippen molar-refractivity contribution in [1.29, 1.82) is 0 Å². The first-order valence-electron chi connectivity index (χ1n) is 6.73. The molecule has 5 nitrogen and oxygen atoms in total. The molecule has 0 saturated heterocycles. The first-order valence-corrected chi connectivity index (χ1v) is 6.73. The van der Waals surface area contributed by atoms with Crippen molar-refractivity contribution < 1.29 is 18.1 Å². The standard InChI is InChI=1S/C13H16F3N3O2/c1-2-3-12(4-5-12)8-18-9-6-11(13(14,15)16)17-7-10(9)19(20)21/h6-7H,2-5,8H2,1H3,(H,17,18). The van der Waals surface area contributed by atoms with Crippen molar-refractivity contribution in [3.05, 3.63) is 28.1 Å². The van der Waals surface area contributed by atoms with Crippen LogP contribution in [0, 0.1) is 15.5 Å². The summed E-state index contributed by atoms with van der Waals surface area (Å²) in [5.74, 6) is 0. The van der Waals surface area contributed by atoms with Gasteiger partial charge in [0.1, 0.15) is 17.6 Å². The van der Waals surface area contributed by atoms with Crippen molar-refractivity contribution in [2.75, 3.05) is 11.9 Å². The van der Waals surface area contributed by atoms with Crippen LogP contribution in [0.25, 0.3) is 0 Å². The van der Waals surface area contributed by atoms with Crippen molar-refractivity contribution in [2.45, 2.75) is 38.8 Å². The Kier molecular flexibility index (Phi) is 4.06. The molecule has 1 fully saturated rings. The number of hydrogen-bond donors (Lipinski definition) is 1. The zero-order valence-electron chi connectivity index (χ0n) is 11.5. The summed E-state index contributed by atoms with van der Waals surface area (Å²) < 4.78 is 37.9. The lowest BCUT2D eigenvalue weighted by Gasteiger charge is -2.16. The van der Waals surface area contributed by atoms with Gasteiger partial charge in [-0.2, -0.15) is 13.2 Å². The summed E-state index contributed by atoms with van der Waals surface area (Å²) in [6.07, 6.45) is -0.0204. The summed E-state index contributed by atoms with van der Waals surface area (Å²) >= 11 is 0. The van der Waals surface area contributed by atoms with Gasteiger partial charge in [-0.1, -0.05) is 13.3 Å². The van der Waals surface area contributed by atoms with Crippen molar-refractivity contribution in [1.82, 2.24) is 4.98 Å². The first kappa shape index (κ1) is 15.5. The van der Waals surface area contributed by atoms with Crippen LogP contribution in [0.2, 0.25) is 0 Å². The van der Waals surface area contributed by atoms with Crippen LogP contribution in [0.1, 0.15) is 38.3 Å². The van der Waals surface area contributed by atoms with Gasteiger partial charge in [0.05, 0.1) is 4.92 Å². The number of rotatable bonds is 6. The summed E-state index contributed by atoms with van der Waals surface area (Å²) in [4.78, 5) is 13.3. The lowest BCUT2D eigenvalue weighted by molar-refractivity contribution is -0.384. The topological polar surface area (TPSA) is 68.1 Å². The Morgan fingerprint density at radius 3 is 2.62 bits per heavy atom. The molecule has 0 bridgehead atoms. The average Bonchev–Trinajstić information content (AvgIpc) is 3.15. The van der Waals surface area contributed by atoms with Gasteiger partial charge in [-0.05, 0) is 30.7 Å². The zero-order valence-corrected chi connectivity index (χ0v) is 11.5. The van der Waals surface area contributed by atoms with Crippen LogP contribution in [0.3, 0.4) is 0 Å². The van der Waals surface area contributed by atoms with Crippen LogP contribution in [0.5, 0.6) is 0 Å². The van der Waals surface area contributed by atoms with Crippen LogP contribution in [0.4, 0.5) is 24.5 Å². The summed E-state index contributed by atoms with van der Waals surface area (Å²) in [6, 6.07) is 0.708. The molecule has 1 heterocycles. The van der Waals surface area contributed by atoms with E-state index in [1.54, 1.807) is 0 Å². The molecule has 2 rings (SSSR count). The van der Waals surface area contributed by atoms with Crippen LogP contribution in [-0.4, -0.2) is 16.5 Å². The maximum atomic E-state index is 12.6. The van der Waals surface area contributed by atoms with Gasteiger partial charge in [-0.25, -0.2) is 4.98 Å². The molecule has 21 heavy (non-hydrogen) atoms. The van der Waals surface area contributed by atoms with Gasteiger partial charge in [-0.15, -0.1) is 0 Å². The minimum Gasteiger partial charge on any atom is -0.379 e. The Balaban J connectivity index is 2.21. The molecule has 0 unspecified atom stereocenters. The number of nitrogens with one attached hydrogen (secondary N) is 1. The van der Waals surface area contributed by atoms with Crippen LogP contribution in [0.15, 0.2) is 12.3 Å². The van der Waals surface area contributed by atoms with E-state index in [1.165, 1.54) is 0 Å². The lowest BCUT2D eigenvalue weighted by Crippen LogP contribution is -2.17. The maximum Gasteiger partial charge on any atom is 0.433 e. The smallest absolute Gasteiger partial charge is 0.379 e. The van der Waals surface area contributed by atoms with Crippen LogP contribution in [-0.2, 0) is 6.18 Å². The molecule has 0 atom stereocenters. The van der Waals surface area contributed by atoms with Crippen LogP contribution < -0.4 is 5.32 Å². The summed E-state index contributed by atoms with van der Waals surface area (Å²) in [5, 5.41) is 13.7. The second-order valence-electron chi connectivity index (χ2n) is 5.45. The highest BCUT2D eigenvalue weighted by Crippen LogP contribution is 2.49. The highest BCUT2D eigenvalue weighted by Gasteiger charge is 2.41. The van der Waals surface area contributed by atoms with Crippen molar-refractivity contribution in [2.24, 2.45) is 5.41 Å². The highest BCUT2D eigenvalue weighted by atomic mass is 19.4. The molecule has 0 spiro atoms. The largest absolute Gasteiger partial charge is 0.433 e. The minimum absolute atomic E-state index is 0.0737. The predicted octanol–water partition coefficient (Wildman–Crippen LogP) is 4.00. The van der Waals surface area contributed by atoms with Gasteiger partial charge < -0.3 is 5.32 Å². The quantitative estimate of drug-likeness (QED) is 0.637. The van der Waals surface area contributed by atoms with Crippen molar-refractivity contribution in [3.8, 4) is 0 Å². The van der Waals surface area contributed by atoms with Crippen molar-refractivity contribution >= 4 is 11.4 Å². The Bertz CT molecular complexity index is 542. The van der Waals surface area contributed by atoms with E-state index >= 15 is 0 Å². The Labute approximate surface area is 119 Å². The fourth-order valence-corrected chi connectivity index (χ4v) is 2.40. The first-order chi connectivity index (χ1) is 9.77. The van der Waals surface area contributed by atoms with Gasteiger partial charge in [-0.3, -0.25) is 10.1 Å². The van der Waals surface area contributed by atoms with Gasteiger partial charge in [0, 0.05) is 6.54 Å².